The molecule has 0 bridgehead atoms. The first-order valence-electron chi connectivity index (χ1n) is 4.68. The van der Waals surface area contributed by atoms with Crippen molar-refractivity contribution >= 4 is 0 Å². The lowest BCUT2D eigenvalue weighted by molar-refractivity contribution is 0.280. The Kier molecular flexibility index (Phi) is 4.20. The molecular weight excluding hydrogens is 176 g/mol. The minimum atomic E-state index is 0.0554. The summed E-state index contributed by atoms with van der Waals surface area (Å²) in [5, 5.41) is 8.91. The Labute approximate surface area is 84.8 Å². The van der Waals surface area contributed by atoms with Crippen LogP contribution in [-0.4, -0.2) is 11.7 Å². The van der Waals surface area contributed by atoms with Crippen LogP contribution in [0.15, 0.2) is 35.9 Å². The molecule has 76 valence electrons. The molecule has 1 aromatic carbocycles. The summed E-state index contributed by atoms with van der Waals surface area (Å²) in [6, 6.07) is 7.48. The smallest absolute Gasteiger partial charge is 0.120 e. The monoisotopic (exact) mass is 192 g/mol. The van der Waals surface area contributed by atoms with Crippen LogP contribution in [0.4, 0.5) is 0 Å². The van der Waals surface area contributed by atoms with Gasteiger partial charge in [-0.1, -0.05) is 17.7 Å². The lowest BCUT2D eigenvalue weighted by atomic mass is 10.2. The fourth-order valence-corrected chi connectivity index (χ4v) is 1.04. The summed E-state index contributed by atoms with van der Waals surface area (Å²) in [6.45, 7) is 4.71. The molecule has 1 rings (SSSR count). The van der Waals surface area contributed by atoms with Crippen LogP contribution in [0.1, 0.15) is 19.4 Å². The number of rotatable bonds is 4. The molecule has 1 aromatic rings. The Morgan fingerprint density at radius 1 is 1.43 bits per heavy atom. The van der Waals surface area contributed by atoms with E-state index in [2.05, 4.69) is 0 Å². The maximum atomic E-state index is 8.91. The zero-order chi connectivity index (χ0) is 10.4. The molecule has 0 aliphatic heterocycles. The molecule has 0 heterocycles. The number of allylic oxidation sites excluding steroid dienone is 1. The fraction of sp³-hybridized carbons (Fsp3) is 0.333. The van der Waals surface area contributed by atoms with Crippen molar-refractivity contribution in [3.63, 3.8) is 0 Å². The largest absolute Gasteiger partial charge is 0.490 e. The molecular formula is C12H16O2. The van der Waals surface area contributed by atoms with Gasteiger partial charge >= 0.3 is 0 Å². The van der Waals surface area contributed by atoms with Crippen molar-refractivity contribution in [3.8, 4) is 5.75 Å². The standard InChI is InChI=1S/C12H16O2/c1-10(2)6-7-14-12-5-3-4-11(8-12)9-13/h3-6,8,13H,7,9H2,1-2H3. The van der Waals surface area contributed by atoms with Crippen molar-refractivity contribution in [1.29, 1.82) is 0 Å². The first-order chi connectivity index (χ1) is 6.72. The molecule has 0 aliphatic rings. The van der Waals surface area contributed by atoms with E-state index in [0.717, 1.165) is 11.3 Å². The topological polar surface area (TPSA) is 29.5 Å². The van der Waals surface area contributed by atoms with Gasteiger partial charge in [-0.05, 0) is 37.6 Å². The predicted molar refractivity (Wildman–Crippen MR) is 57.3 cm³/mol. The van der Waals surface area contributed by atoms with E-state index in [1.54, 1.807) is 0 Å². The van der Waals surface area contributed by atoms with Gasteiger partial charge in [0.2, 0.25) is 0 Å². The third kappa shape index (κ3) is 3.62. The molecule has 0 atom stereocenters. The van der Waals surface area contributed by atoms with E-state index in [-0.39, 0.29) is 6.61 Å². The second kappa shape index (κ2) is 5.45. The van der Waals surface area contributed by atoms with Crippen LogP contribution in [0, 0.1) is 0 Å². The number of benzene rings is 1. The molecule has 0 saturated carbocycles. The second-order valence-electron chi connectivity index (χ2n) is 3.40. The zero-order valence-electron chi connectivity index (χ0n) is 8.66. The third-order valence-corrected chi connectivity index (χ3v) is 1.82. The number of ether oxygens (including phenoxy) is 1. The van der Waals surface area contributed by atoms with Gasteiger partial charge in [0.25, 0.3) is 0 Å². The van der Waals surface area contributed by atoms with E-state index in [4.69, 9.17) is 9.84 Å². The maximum Gasteiger partial charge on any atom is 0.120 e. The highest BCUT2D eigenvalue weighted by Gasteiger charge is 1.94. The molecule has 1 N–H and O–H groups in total. The minimum absolute atomic E-state index is 0.0554. The average molecular weight is 192 g/mol. The van der Waals surface area contributed by atoms with Gasteiger partial charge in [0.1, 0.15) is 12.4 Å². The van der Waals surface area contributed by atoms with E-state index in [9.17, 15) is 0 Å². The van der Waals surface area contributed by atoms with Crippen molar-refractivity contribution < 1.29 is 9.84 Å². The Balaban J connectivity index is 2.54. The van der Waals surface area contributed by atoms with Crippen LogP contribution in [0.2, 0.25) is 0 Å². The Morgan fingerprint density at radius 3 is 2.86 bits per heavy atom. The van der Waals surface area contributed by atoms with Crippen LogP contribution < -0.4 is 4.74 Å². The van der Waals surface area contributed by atoms with Crippen LogP contribution in [0.5, 0.6) is 5.75 Å². The van der Waals surface area contributed by atoms with Crippen molar-refractivity contribution in [1.82, 2.24) is 0 Å². The lowest BCUT2D eigenvalue weighted by Crippen LogP contribution is -1.94. The van der Waals surface area contributed by atoms with Crippen LogP contribution in [-0.2, 0) is 6.61 Å². The van der Waals surface area contributed by atoms with Gasteiger partial charge in [0.15, 0.2) is 0 Å². The Bertz CT molecular complexity index is 312. The van der Waals surface area contributed by atoms with Crippen LogP contribution in [0.25, 0.3) is 0 Å². The first-order valence-corrected chi connectivity index (χ1v) is 4.68. The van der Waals surface area contributed by atoms with Crippen LogP contribution >= 0.6 is 0 Å². The van der Waals surface area contributed by atoms with Crippen molar-refractivity contribution in [2.24, 2.45) is 0 Å². The highest BCUT2D eigenvalue weighted by Crippen LogP contribution is 2.13. The number of hydrogen-bond donors (Lipinski definition) is 1. The molecule has 0 aliphatic carbocycles. The van der Waals surface area contributed by atoms with Crippen LogP contribution in [0.3, 0.4) is 0 Å². The van der Waals surface area contributed by atoms with E-state index in [0.29, 0.717) is 6.61 Å². The van der Waals surface area contributed by atoms with Crippen molar-refractivity contribution in [3.05, 3.63) is 41.5 Å². The molecule has 14 heavy (non-hydrogen) atoms. The summed E-state index contributed by atoms with van der Waals surface area (Å²) in [4.78, 5) is 0. The minimum Gasteiger partial charge on any atom is -0.490 e. The molecule has 2 nitrogen and oxygen atoms in total. The molecule has 0 aromatic heterocycles. The van der Waals surface area contributed by atoms with Gasteiger partial charge in [-0.25, -0.2) is 0 Å². The Hall–Kier alpha value is -1.28. The summed E-state index contributed by atoms with van der Waals surface area (Å²) in [7, 11) is 0. The van der Waals surface area contributed by atoms with E-state index < -0.39 is 0 Å². The molecule has 0 unspecified atom stereocenters. The van der Waals surface area contributed by atoms with E-state index in [1.165, 1.54) is 5.57 Å². The number of hydrogen-bond acceptors (Lipinski definition) is 2. The van der Waals surface area contributed by atoms with Gasteiger partial charge in [0, 0.05) is 0 Å². The lowest BCUT2D eigenvalue weighted by Gasteiger charge is -2.04. The van der Waals surface area contributed by atoms with Gasteiger partial charge in [-0.2, -0.15) is 0 Å². The molecule has 0 fully saturated rings. The average Bonchev–Trinajstić information content (AvgIpc) is 2.18. The SMILES string of the molecule is CC(C)=CCOc1cccc(CO)c1. The zero-order valence-corrected chi connectivity index (χ0v) is 8.66. The number of aliphatic hydroxyl groups is 1. The highest BCUT2D eigenvalue weighted by atomic mass is 16.5. The molecule has 0 radical (unpaired) electrons. The number of aliphatic hydroxyl groups excluding tert-OH is 1. The van der Waals surface area contributed by atoms with E-state index in [1.807, 2.05) is 44.2 Å². The second-order valence-corrected chi connectivity index (χ2v) is 3.40. The summed E-state index contributed by atoms with van der Waals surface area (Å²) in [6.07, 6.45) is 2.02. The van der Waals surface area contributed by atoms with Gasteiger partial charge in [-0.15, -0.1) is 0 Å². The molecule has 0 saturated heterocycles. The summed E-state index contributed by atoms with van der Waals surface area (Å²) >= 11 is 0. The van der Waals surface area contributed by atoms with Gasteiger partial charge in [-0.3, -0.25) is 0 Å². The quantitative estimate of drug-likeness (QED) is 0.743. The summed E-state index contributed by atoms with van der Waals surface area (Å²) < 4.78 is 5.47. The summed E-state index contributed by atoms with van der Waals surface area (Å²) in [5.41, 5.74) is 2.11. The highest BCUT2D eigenvalue weighted by molar-refractivity contribution is 5.28. The van der Waals surface area contributed by atoms with Gasteiger partial charge in [0.05, 0.1) is 6.61 Å². The molecule has 0 spiro atoms. The van der Waals surface area contributed by atoms with Gasteiger partial charge < -0.3 is 9.84 Å². The third-order valence-electron chi connectivity index (χ3n) is 1.82. The Morgan fingerprint density at radius 2 is 2.21 bits per heavy atom. The first kappa shape index (κ1) is 10.8. The normalized spacial score (nSPS) is 9.64. The molecule has 0 amide bonds. The van der Waals surface area contributed by atoms with E-state index >= 15 is 0 Å². The summed E-state index contributed by atoms with van der Waals surface area (Å²) in [5.74, 6) is 0.800. The van der Waals surface area contributed by atoms with Crippen molar-refractivity contribution in [2.45, 2.75) is 20.5 Å². The maximum absolute atomic E-state index is 8.91. The van der Waals surface area contributed by atoms with Crippen molar-refractivity contribution in [2.75, 3.05) is 6.61 Å². The predicted octanol–water partition coefficient (Wildman–Crippen LogP) is 2.52. The fourth-order valence-electron chi connectivity index (χ4n) is 1.04. The molecule has 2 heteroatoms.